The lowest BCUT2D eigenvalue weighted by atomic mass is 9.81. The number of hydrogen-bond acceptors (Lipinski definition) is 4. The Morgan fingerprint density at radius 3 is 2.85 bits per heavy atom. The van der Waals surface area contributed by atoms with Gasteiger partial charge in [0.05, 0.1) is 20.3 Å². The van der Waals surface area contributed by atoms with E-state index >= 15 is 0 Å². The van der Waals surface area contributed by atoms with Gasteiger partial charge in [0.1, 0.15) is 5.75 Å². The highest BCUT2D eigenvalue weighted by Gasteiger charge is 2.36. The number of nitrogens with one attached hydrogen (secondary N) is 1. The lowest BCUT2D eigenvalue weighted by molar-refractivity contribution is 0.0536. The summed E-state index contributed by atoms with van der Waals surface area (Å²) in [7, 11) is 1.71. The monoisotopic (exact) mass is 276 g/mol. The van der Waals surface area contributed by atoms with Gasteiger partial charge in [0.25, 0.3) is 0 Å². The lowest BCUT2D eigenvalue weighted by Crippen LogP contribution is -2.48. The maximum absolute atomic E-state index is 5.88. The van der Waals surface area contributed by atoms with E-state index in [-0.39, 0.29) is 5.41 Å². The molecule has 1 aromatic carbocycles. The fourth-order valence-corrected chi connectivity index (χ4v) is 3.29. The first-order valence-electron chi connectivity index (χ1n) is 7.49. The summed E-state index contributed by atoms with van der Waals surface area (Å²) in [6.45, 7) is 5.95. The van der Waals surface area contributed by atoms with E-state index in [1.54, 1.807) is 7.11 Å². The van der Waals surface area contributed by atoms with E-state index < -0.39 is 0 Å². The molecule has 3 rings (SSSR count). The minimum Gasteiger partial charge on any atom is -0.497 e. The van der Waals surface area contributed by atoms with Crippen LogP contribution >= 0.6 is 0 Å². The summed E-state index contributed by atoms with van der Waals surface area (Å²) >= 11 is 0. The van der Waals surface area contributed by atoms with Crippen molar-refractivity contribution in [1.29, 1.82) is 0 Å². The molecule has 0 saturated carbocycles. The first-order chi connectivity index (χ1) is 9.81. The number of methoxy groups -OCH3 is 1. The predicted octanol–water partition coefficient (Wildman–Crippen LogP) is 1.90. The Morgan fingerprint density at radius 1 is 1.30 bits per heavy atom. The Balaban J connectivity index is 1.76. The van der Waals surface area contributed by atoms with E-state index in [1.807, 2.05) is 12.1 Å². The number of anilines is 1. The van der Waals surface area contributed by atoms with E-state index in [9.17, 15) is 0 Å². The van der Waals surface area contributed by atoms with Crippen LogP contribution in [0.2, 0.25) is 0 Å². The number of nitrogens with zero attached hydrogens (tertiary/aromatic N) is 1. The third kappa shape index (κ3) is 2.91. The van der Waals surface area contributed by atoms with Crippen molar-refractivity contribution < 1.29 is 9.47 Å². The van der Waals surface area contributed by atoms with Crippen molar-refractivity contribution in [2.75, 3.05) is 51.4 Å². The smallest absolute Gasteiger partial charge is 0.119 e. The number of benzene rings is 1. The van der Waals surface area contributed by atoms with Crippen molar-refractivity contribution in [2.45, 2.75) is 12.8 Å². The molecular weight excluding hydrogens is 252 g/mol. The highest BCUT2D eigenvalue weighted by Crippen LogP contribution is 2.32. The minimum absolute atomic E-state index is 0.272. The quantitative estimate of drug-likeness (QED) is 0.894. The highest BCUT2D eigenvalue weighted by atomic mass is 16.5. The predicted molar refractivity (Wildman–Crippen MR) is 80.6 cm³/mol. The minimum atomic E-state index is 0.272. The van der Waals surface area contributed by atoms with Gasteiger partial charge in [-0.15, -0.1) is 0 Å². The molecule has 4 heteroatoms. The summed E-state index contributed by atoms with van der Waals surface area (Å²) in [6, 6.07) is 8.36. The second kappa shape index (κ2) is 6.02. The number of hydrogen-bond donors (Lipinski definition) is 1. The molecule has 1 aromatic rings. The van der Waals surface area contributed by atoms with Crippen molar-refractivity contribution in [3.8, 4) is 5.75 Å². The number of piperidine rings is 1. The van der Waals surface area contributed by atoms with Crippen LogP contribution in [0.5, 0.6) is 5.75 Å². The second-order valence-corrected chi connectivity index (χ2v) is 5.95. The molecule has 0 bridgehead atoms. The topological polar surface area (TPSA) is 33.7 Å². The SMILES string of the molecule is COc1ccc(N2CCOC[C@@]3(CCCNC3)C2)cc1. The van der Waals surface area contributed by atoms with E-state index in [0.29, 0.717) is 0 Å². The summed E-state index contributed by atoms with van der Waals surface area (Å²) in [4.78, 5) is 2.46. The number of ether oxygens (including phenoxy) is 2. The molecule has 20 heavy (non-hydrogen) atoms. The van der Waals surface area contributed by atoms with Gasteiger partial charge >= 0.3 is 0 Å². The van der Waals surface area contributed by atoms with Crippen LogP contribution in [-0.4, -0.2) is 46.5 Å². The maximum atomic E-state index is 5.88. The normalized spacial score (nSPS) is 27.4. The van der Waals surface area contributed by atoms with E-state index in [4.69, 9.17) is 9.47 Å². The molecule has 0 aliphatic carbocycles. The lowest BCUT2D eigenvalue weighted by Gasteiger charge is -2.39. The highest BCUT2D eigenvalue weighted by molar-refractivity contribution is 5.49. The van der Waals surface area contributed by atoms with Crippen LogP contribution in [0.25, 0.3) is 0 Å². The standard InChI is InChI=1S/C16H24N2O2/c1-19-15-5-3-14(4-6-15)18-9-10-20-13-16(12-18)7-2-8-17-11-16/h3-6,17H,2,7-13H2,1H3/t16-/m1/s1. The van der Waals surface area contributed by atoms with Crippen molar-refractivity contribution in [3.63, 3.8) is 0 Å². The zero-order chi connectivity index (χ0) is 13.8. The van der Waals surface area contributed by atoms with Gasteiger partial charge in [0.2, 0.25) is 0 Å². The van der Waals surface area contributed by atoms with Crippen molar-refractivity contribution >= 4 is 5.69 Å². The zero-order valence-corrected chi connectivity index (χ0v) is 12.2. The summed E-state index contributed by atoms with van der Waals surface area (Å²) in [5, 5.41) is 3.54. The summed E-state index contributed by atoms with van der Waals surface area (Å²) < 4.78 is 11.1. The molecule has 0 radical (unpaired) electrons. The van der Waals surface area contributed by atoms with Crippen molar-refractivity contribution in [1.82, 2.24) is 5.32 Å². The molecule has 2 heterocycles. The van der Waals surface area contributed by atoms with Crippen LogP contribution < -0.4 is 15.0 Å². The van der Waals surface area contributed by atoms with Gasteiger partial charge in [0, 0.05) is 30.7 Å². The average Bonchev–Trinajstić information content (AvgIpc) is 2.71. The van der Waals surface area contributed by atoms with Crippen LogP contribution in [-0.2, 0) is 4.74 Å². The molecule has 1 spiro atoms. The molecule has 1 atom stereocenters. The van der Waals surface area contributed by atoms with Gasteiger partial charge in [-0.05, 0) is 43.7 Å². The molecule has 1 N–H and O–H groups in total. The Kier molecular flexibility index (Phi) is 4.13. The second-order valence-electron chi connectivity index (χ2n) is 5.95. The molecule has 0 unspecified atom stereocenters. The van der Waals surface area contributed by atoms with Gasteiger partial charge in [-0.25, -0.2) is 0 Å². The Morgan fingerprint density at radius 2 is 2.15 bits per heavy atom. The molecule has 2 aliphatic rings. The fraction of sp³-hybridized carbons (Fsp3) is 0.625. The largest absolute Gasteiger partial charge is 0.497 e. The zero-order valence-electron chi connectivity index (χ0n) is 12.2. The van der Waals surface area contributed by atoms with E-state index in [0.717, 1.165) is 45.1 Å². The molecule has 110 valence electrons. The van der Waals surface area contributed by atoms with Gasteiger partial charge in [-0.2, -0.15) is 0 Å². The van der Waals surface area contributed by atoms with Gasteiger partial charge in [-0.1, -0.05) is 0 Å². The Bertz CT molecular complexity index is 427. The van der Waals surface area contributed by atoms with Crippen LogP contribution in [0, 0.1) is 5.41 Å². The van der Waals surface area contributed by atoms with E-state index in [2.05, 4.69) is 22.3 Å². The maximum Gasteiger partial charge on any atom is 0.119 e. The number of rotatable bonds is 2. The summed E-state index contributed by atoms with van der Waals surface area (Å²) in [6.07, 6.45) is 2.51. The van der Waals surface area contributed by atoms with Crippen molar-refractivity contribution in [2.24, 2.45) is 5.41 Å². The third-order valence-corrected chi connectivity index (χ3v) is 4.44. The van der Waals surface area contributed by atoms with Gasteiger partial charge in [-0.3, -0.25) is 0 Å². The van der Waals surface area contributed by atoms with Crippen LogP contribution in [0.4, 0.5) is 5.69 Å². The Hall–Kier alpha value is -1.26. The van der Waals surface area contributed by atoms with Crippen LogP contribution in [0.1, 0.15) is 12.8 Å². The van der Waals surface area contributed by atoms with Crippen molar-refractivity contribution in [3.05, 3.63) is 24.3 Å². The molecule has 2 saturated heterocycles. The summed E-state index contributed by atoms with van der Waals surface area (Å²) in [5.41, 5.74) is 1.54. The molecule has 4 nitrogen and oxygen atoms in total. The first-order valence-corrected chi connectivity index (χ1v) is 7.49. The molecule has 2 fully saturated rings. The molecular formula is C16H24N2O2. The molecule has 0 aromatic heterocycles. The van der Waals surface area contributed by atoms with Crippen LogP contribution in [0.15, 0.2) is 24.3 Å². The van der Waals surface area contributed by atoms with Gasteiger partial charge < -0.3 is 19.7 Å². The van der Waals surface area contributed by atoms with Gasteiger partial charge in [0.15, 0.2) is 0 Å². The van der Waals surface area contributed by atoms with Crippen LogP contribution in [0.3, 0.4) is 0 Å². The summed E-state index contributed by atoms with van der Waals surface area (Å²) in [5.74, 6) is 0.911. The third-order valence-electron chi connectivity index (χ3n) is 4.44. The van der Waals surface area contributed by atoms with E-state index in [1.165, 1.54) is 18.5 Å². The fourth-order valence-electron chi connectivity index (χ4n) is 3.29. The molecule has 0 amide bonds. The molecule has 2 aliphatic heterocycles. The first kappa shape index (κ1) is 13.7. The average molecular weight is 276 g/mol. The Labute approximate surface area is 121 Å².